The van der Waals surface area contributed by atoms with E-state index in [1.807, 2.05) is 0 Å². The maximum Gasteiger partial charge on any atom is 0.335 e. The summed E-state index contributed by atoms with van der Waals surface area (Å²) in [5.74, 6) is -6.81. The van der Waals surface area contributed by atoms with Crippen LogP contribution in [0, 0.1) is 48.8 Å². The van der Waals surface area contributed by atoms with E-state index >= 15 is 13.2 Å². The normalized spacial score (nSPS) is 12.6. The van der Waals surface area contributed by atoms with Gasteiger partial charge in [-0.2, -0.15) is 9.97 Å². The minimum atomic E-state index is -1.34. The molecule has 4 aromatic carbocycles. The standard InChI is InChI=1S/C33H37F3N6O2.C28H28F3N5O3/c1-4-41(5-2)17-9-16-37-33-39-29(24-18-21(19-27(36)20(24)3)32(44)38-22-10-6-7-11-22)23-14-15-28(43)42(31(23)40-33)30-25(34)12-8-13-26(30)35;1-4-35(5-2)13-7-12-32-28-33-24(19-14-17(27(38)39)15-22(31)16(19)3)18-10-11-23(37)36(26(18)34-28)25-20(29)8-6-9-21(25)30/h8,12-15,18-19,22H,4-7,9-11,16-17H2,1-3H3,(H,38,44)(H,37,39,40);6,8-11,14-15H,4-5,7,12-13H2,1-3H3,(H,38,39)(H,32,33,34). The molecule has 1 fully saturated rings. The van der Waals surface area contributed by atoms with Gasteiger partial charge in [0.2, 0.25) is 11.9 Å². The molecule has 1 aliphatic carbocycles. The number of carbonyl (C=O) groups excluding carboxylic acids is 1. The van der Waals surface area contributed by atoms with E-state index in [1.54, 1.807) is 13.0 Å². The number of carboxylic acids is 1. The van der Waals surface area contributed by atoms with Crippen LogP contribution in [0.1, 0.15) is 98.1 Å². The first-order valence-electron chi connectivity index (χ1n) is 27.7. The number of hydrogen-bond donors (Lipinski definition) is 4. The first-order chi connectivity index (χ1) is 39.9. The molecule has 0 unspecified atom stereocenters. The van der Waals surface area contributed by atoms with Crippen molar-refractivity contribution in [2.24, 2.45) is 0 Å². The molecular formula is C61H65F6N11O5. The van der Waals surface area contributed by atoms with Gasteiger partial charge in [0, 0.05) is 58.7 Å². The van der Waals surface area contributed by atoms with Crippen molar-refractivity contribution >= 4 is 45.8 Å². The van der Waals surface area contributed by atoms with Crippen LogP contribution in [0.5, 0.6) is 0 Å². The average Bonchev–Trinajstić information content (AvgIpc) is 4.19. The highest BCUT2D eigenvalue weighted by atomic mass is 19.2. The van der Waals surface area contributed by atoms with Gasteiger partial charge in [0.25, 0.3) is 17.0 Å². The summed E-state index contributed by atoms with van der Waals surface area (Å²) in [7, 11) is 0. The van der Waals surface area contributed by atoms with Crippen LogP contribution in [0.15, 0.2) is 94.5 Å². The predicted molar refractivity (Wildman–Crippen MR) is 309 cm³/mol. The average molecular weight is 1150 g/mol. The lowest BCUT2D eigenvalue weighted by Gasteiger charge is -2.19. The molecule has 0 bridgehead atoms. The number of pyridine rings is 2. The molecular weight excluding hydrogens is 1080 g/mol. The zero-order chi connectivity index (χ0) is 59.6. The molecule has 4 N–H and O–H groups in total. The first kappa shape index (κ1) is 60.6. The molecule has 1 aliphatic rings. The van der Waals surface area contributed by atoms with E-state index in [2.05, 4.69) is 68.4 Å². The number of amides is 1. The number of benzene rings is 4. The van der Waals surface area contributed by atoms with Gasteiger partial charge in [0.1, 0.15) is 46.3 Å². The zero-order valence-electron chi connectivity index (χ0n) is 47.0. The zero-order valence-corrected chi connectivity index (χ0v) is 47.0. The third kappa shape index (κ3) is 13.6. The lowest BCUT2D eigenvalue weighted by atomic mass is 9.98. The summed E-state index contributed by atoms with van der Waals surface area (Å²) in [5.41, 5.74) is -1.88. The third-order valence-corrected chi connectivity index (χ3v) is 14.9. The number of rotatable bonds is 21. The number of aromatic carboxylic acids is 1. The fourth-order valence-electron chi connectivity index (χ4n) is 10.2. The van der Waals surface area contributed by atoms with Gasteiger partial charge in [0.15, 0.2) is 11.3 Å². The van der Waals surface area contributed by atoms with Crippen molar-refractivity contribution in [2.45, 2.75) is 86.1 Å². The van der Waals surface area contributed by atoms with Crippen molar-refractivity contribution in [3.63, 3.8) is 0 Å². The van der Waals surface area contributed by atoms with Crippen LogP contribution in [-0.4, -0.2) is 114 Å². The molecule has 4 aromatic heterocycles. The molecule has 0 atom stereocenters. The van der Waals surface area contributed by atoms with Gasteiger partial charge < -0.3 is 30.9 Å². The van der Waals surface area contributed by atoms with Crippen LogP contribution in [-0.2, 0) is 0 Å². The number of halogens is 6. The van der Waals surface area contributed by atoms with Gasteiger partial charge in [-0.3, -0.25) is 23.5 Å². The van der Waals surface area contributed by atoms with Crippen LogP contribution in [0.25, 0.3) is 56.0 Å². The molecule has 436 valence electrons. The SMILES string of the molecule is CCN(CC)CCCNc1nc(-c2cc(C(=O)NC3CCCC3)cc(F)c2C)c2ccc(=O)n(-c3c(F)cccc3F)c2n1.CCN(CC)CCCNc1nc(-c2cc(C(=O)O)cc(F)c2C)c2ccc(=O)n(-c3c(F)cccc3F)c2n1. The highest BCUT2D eigenvalue weighted by Gasteiger charge is 2.26. The quantitative estimate of drug-likeness (QED) is 0.0393. The Morgan fingerprint density at radius 1 is 0.566 bits per heavy atom. The Labute approximate surface area is 475 Å². The Morgan fingerprint density at radius 2 is 0.964 bits per heavy atom. The predicted octanol–water partition coefficient (Wildman–Crippen LogP) is 11.0. The second kappa shape index (κ2) is 27.1. The monoisotopic (exact) mass is 1150 g/mol. The van der Waals surface area contributed by atoms with E-state index in [4.69, 9.17) is 4.98 Å². The second-order valence-electron chi connectivity index (χ2n) is 20.1. The molecule has 0 spiro atoms. The number of fused-ring (bicyclic) bond motifs is 2. The topological polar surface area (TPSA) is 192 Å². The minimum Gasteiger partial charge on any atom is -0.478 e. The van der Waals surface area contributed by atoms with Crippen molar-refractivity contribution in [1.82, 2.24) is 44.2 Å². The third-order valence-electron chi connectivity index (χ3n) is 14.9. The van der Waals surface area contributed by atoms with Crippen molar-refractivity contribution < 1.29 is 41.0 Å². The molecule has 0 radical (unpaired) electrons. The number of carboxylic acid groups (broad SMARTS) is 1. The fourth-order valence-corrected chi connectivity index (χ4v) is 10.2. The lowest BCUT2D eigenvalue weighted by molar-refractivity contribution is 0.0696. The molecule has 0 aliphatic heterocycles. The number of nitrogens with zero attached hydrogens (tertiary/aromatic N) is 8. The summed E-state index contributed by atoms with van der Waals surface area (Å²) >= 11 is 0. The lowest BCUT2D eigenvalue weighted by Crippen LogP contribution is -2.32. The first-order valence-corrected chi connectivity index (χ1v) is 27.7. The summed E-state index contributed by atoms with van der Waals surface area (Å²) in [6.07, 6.45) is 5.28. The second-order valence-corrected chi connectivity index (χ2v) is 20.1. The Hall–Kier alpha value is -8.50. The fraction of sp³-hybridized carbons (Fsp3) is 0.344. The van der Waals surface area contributed by atoms with Crippen LogP contribution in [0.3, 0.4) is 0 Å². The Morgan fingerprint density at radius 3 is 1.36 bits per heavy atom. The van der Waals surface area contributed by atoms with Crippen molar-refractivity contribution in [3.8, 4) is 33.9 Å². The Kier molecular flexibility index (Phi) is 19.7. The number of anilines is 2. The van der Waals surface area contributed by atoms with E-state index < -0.39 is 69.3 Å². The van der Waals surface area contributed by atoms with E-state index in [1.165, 1.54) is 49.4 Å². The summed E-state index contributed by atoms with van der Waals surface area (Å²) in [4.78, 5) is 73.7. The highest BCUT2D eigenvalue weighted by molar-refractivity contribution is 5.99. The van der Waals surface area contributed by atoms with Gasteiger partial charge in [-0.1, -0.05) is 52.7 Å². The number of hydrogen-bond acceptors (Lipinski definition) is 12. The highest BCUT2D eigenvalue weighted by Crippen LogP contribution is 2.35. The van der Waals surface area contributed by atoms with Gasteiger partial charge in [0.05, 0.1) is 17.0 Å². The summed E-state index contributed by atoms with van der Waals surface area (Å²) in [6, 6.07) is 16.6. The molecule has 16 nitrogen and oxygen atoms in total. The van der Waals surface area contributed by atoms with Gasteiger partial charge >= 0.3 is 5.97 Å². The van der Waals surface area contributed by atoms with Gasteiger partial charge in [-0.05, 0) is 151 Å². The van der Waals surface area contributed by atoms with E-state index in [9.17, 15) is 37.5 Å². The van der Waals surface area contributed by atoms with E-state index in [-0.39, 0.29) is 79.2 Å². The number of aromatic nitrogens is 6. The summed E-state index contributed by atoms with van der Waals surface area (Å²) in [6.45, 7) is 17.5. The number of para-hydroxylation sites is 2. The van der Waals surface area contributed by atoms with E-state index in [0.717, 1.165) is 123 Å². The summed E-state index contributed by atoms with van der Waals surface area (Å²) < 4.78 is 91.6. The minimum absolute atomic E-state index is 0.0347. The van der Waals surface area contributed by atoms with Gasteiger partial charge in [-0.25, -0.2) is 41.1 Å². The van der Waals surface area contributed by atoms with Crippen molar-refractivity contribution in [3.05, 3.63) is 163 Å². The smallest absolute Gasteiger partial charge is 0.335 e. The number of nitrogens with one attached hydrogen (secondary N) is 3. The van der Waals surface area contributed by atoms with E-state index in [0.29, 0.717) is 18.7 Å². The molecule has 4 heterocycles. The Bertz CT molecular complexity index is 3790. The summed E-state index contributed by atoms with van der Waals surface area (Å²) in [5, 5.41) is 19.2. The van der Waals surface area contributed by atoms with Crippen molar-refractivity contribution in [1.29, 1.82) is 0 Å². The molecule has 83 heavy (non-hydrogen) atoms. The van der Waals surface area contributed by atoms with Crippen LogP contribution in [0.2, 0.25) is 0 Å². The van der Waals surface area contributed by atoms with Crippen LogP contribution >= 0.6 is 0 Å². The number of carbonyl (C=O) groups is 2. The molecule has 0 saturated heterocycles. The Balaban J connectivity index is 0.000000219. The molecule has 9 rings (SSSR count). The van der Waals surface area contributed by atoms with Crippen LogP contribution < -0.4 is 27.1 Å². The molecule has 1 saturated carbocycles. The van der Waals surface area contributed by atoms with Gasteiger partial charge in [-0.15, -0.1) is 0 Å². The largest absolute Gasteiger partial charge is 0.478 e. The maximum absolute atomic E-state index is 15.4. The molecule has 1 amide bonds. The van der Waals surface area contributed by atoms with Crippen LogP contribution in [0.4, 0.5) is 38.2 Å². The molecule has 8 aromatic rings. The van der Waals surface area contributed by atoms with Crippen molar-refractivity contribution in [2.75, 3.05) is 63.0 Å². The maximum atomic E-state index is 15.4. The molecule has 22 heteroatoms.